The van der Waals surface area contributed by atoms with Crippen molar-refractivity contribution in [3.05, 3.63) is 95.3 Å². The quantitative estimate of drug-likeness (QED) is 0.344. The summed E-state index contributed by atoms with van der Waals surface area (Å²) in [5, 5.41) is 18.8. The van der Waals surface area contributed by atoms with E-state index in [4.69, 9.17) is 4.74 Å². The Balaban J connectivity index is 1.42. The van der Waals surface area contributed by atoms with E-state index in [0.717, 1.165) is 12.1 Å². The van der Waals surface area contributed by atoms with Gasteiger partial charge >= 0.3 is 0 Å². The lowest BCUT2D eigenvalue weighted by Gasteiger charge is -2.09. The first-order valence-electron chi connectivity index (χ1n) is 8.93. The van der Waals surface area contributed by atoms with Gasteiger partial charge in [-0.25, -0.2) is 8.42 Å². The van der Waals surface area contributed by atoms with Crippen molar-refractivity contribution in [1.29, 1.82) is 0 Å². The standard InChI is InChI=1S/C20H15N5O5S/c26-25(27)16-5-9-18(10-6-16)31(28,29)23-15-3-7-17(8-4-15)30-20-12-11-19(21-22-20)24-13-1-2-14-24/h1-14,23H. The van der Waals surface area contributed by atoms with Gasteiger partial charge in [-0.3, -0.25) is 14.8 Å². The molecule has 2 aromatic heterocycles. The fraction of sp³-hybridized carbons (Fsp3) is 0. The monoisotopic (exact) mass is 437 g/mol. The molecule has 0 bridgehead atoms. The van der Waals surface area contributed by atoms with Crippen molar-refractivity contribution in [2.75, 3.05) is 4.72 Å². The highest BCUT2D eigenvalue weighted by atomic mass is 32.2. The van der Waals surface area contributed by atoms with E-state index >= 15 is 0 Å². The highest BCUT2D eigenvalue weighted by Gasteiger charge is 2.16. The van der Waals surface area contributed by atoms with Crippen LogP contribution < -0.4 is 9.46 Å². The van der Waals surface area contributed by atoms with Gasteiger partial charge in [0.05, 0.1) is 9.82 Å². The molecular weight excluding hydrogens is 422 g/mol. The summed E-state index contributed by atoms with van der Waals surface area (Å²) >= 11 is 0. The van der Waals surface area contributed by atoms with Gasteiger partial charge in [-0.05, 0) is 54.6 Å². The Hall–Kier alpha value is -4.25. The number of nitrogens with zero attached hydrogens (tertiary/aromatic N) is 4. The molecule has 0 spiro atoms. The molecule has 0 radical (unpaired) electrons. The van der Waals surface area contributed by atoms with Gasteiger partial charge in [-0.2, -0.15) is 0 Å². The van der Waals surface area contributed by atoms with Crippen LogP contribution in [0.5, 0.6) is 11.6 Å². The molecule has 0 saturated heterocycles. The van der Waals surface area contributed by atoms with Gasteiger partial charge < -0.3 is 9.30 Å². The number of non-ortho nitro benzene ring substituents is 1. The molecule has 156 valence electrons. The number of nitrogens with one attached hydrogen (secondary N) is 1. The van der Waals surface area contributed by atoms with Crippen LogP contribution >= 0.6 is 0 Å². The number of ether oxygens (including phenoxy) is 1. The predicted molar refractivity (Wildman–Crippen MR) is 112 cm³/mol. The summed E-state index contributed by atoms with van der Waals surface area (Å²) in [4.78, 5) is 10.0. The third kappa shape index (κ3) is 4.67. The number of nitro groups is 1. The topological polar surface area (TPSA) is 129 Å². The number of sulfonamides is 1. The number of benzene rings is 2. The summed E-state index contributed by atoms with van der Waals surface area (Å²) < 4.78 is 34.8. The van der Waals surface area contributed by atoms with Gasteiger partial charge in [0.2, 0.25) is 5.88 Å². The molecule has 10 nitrogen and oxygen atoms in total. The highest BCUT2D eigenvalue weighted by molar-refractivity contribution is 7.92. The fourth-order valence-corrected chi connectivity index (χ4v) is 3.72. The van der Waals surface area contributed by atoms with E-state index in [1.54, 1.807) is 24.3 Å². The molecule has 11 heteroatoms. The molecule has 1 N–H and O–H groups in total. The summed E-state index contributed by atoms with van der Waals surface area (Å²) in [7, 11) is -3.89. The number of hydrogen-bond donors (Lipinski definition) is 1. The van der Waals surface area contributed by atoms with E-state index in [0.29, 0.717) is 17.3 Å². The summed E-state index contributed by atoms with van der Waals surface area (Å²) in [6, 6.07) is 18.0. The lowest BCUT2D eigenvalue weighted by atomic mass is 10.3. The molecule has 0 atom stereocenters. The lowest BCUT2D eigenvalue weighted by molar-refractivity contribution is -0.384. The molecule has 0 saturated carbocycles. The van der Waals surface area contributed by atoms with Crippen molar-refractivity contribution in [3.63, 3.8) is 0 Å². The van der Waals surface area contributed by atoms with Crippen LogP contribution in [0.2, 0.25) is 0 Å². The molecule has 4 aromatic rings. The zero-order chi connectivity index (χ0) is 21.8. The van der Waals surface area contributed by atoms with Gasteiger partial charge in [0.25, 0.3) is 15.7 Å². The van der Waals surface area contributed by atoms with Crippen LogP contribution in [-0.4, -0.2) is 28.1 Å². The van der Waals surface area contributed by atoms with Crippen LogP contribution in [-0.2, 0) is 10.0 Å². The van der Waals surface area contributed by atoms with Crippen molar-refractivity contribution in [2.45, 2.75) is 4.90 Å². The van der Waals surface area contributed by atoms with E-state index in [2.05, 4.69) is 14.9 Å². The molecule has 2 heterocycles. The summed E-state index contributed by atoms with van der Waals surface area (Å²) in [5.74, 6) is 1.38. The second-order valence-electron chi connectivity index (χ2n) is 6.30. The molecular formula is C20H15N5O5S. The van der Waals surface area contributed by atoms with Crippen LogP contribution in [0.4, 0.5) is 11.4 Å². The molecule has 0 unspecified atom stereocenters. The van der Waals surface area contributed by atoms with Crippen LogP contribution in [0.1, 0.15) is 0 Å². The van der Waals surface area contributed by atoms with E-state index in [9.17, 15) is 18.5 Å². The minimum Gasteiger partial charge on any atom is -0.438 e. The average Bonchev–Trinajstić information content (AvgIpc) is 3.30. The van der Waals surface area contributed by atoms with E-state index in [1.807, 2.05) is 29.1 Å². The first-order valence-corrected chi connectivity index (χ1v) is 10.4. The Morgan fingerprint density at radius 2 is 1.58 bits per heavy atom. The van der Waals surface area contributed by atoms with Gasteiger partial charge in [-0.15, -0.1) is 10.2 Å². The fourth-order valence-electron chi connectivity index (χ4n) is 2.67. The zero-order valence-corrected chi connectivity index (χ0v) is 16.6. The van der Waals surface area contributed by atoms with Crippen molar-refractivity contribution >= 4 is 21.4 Å². The molecule has 0 amide bonds. The van der Waals surface area contributed by atoms with Crippen LogP contribution in [0.3, 0.4) is 0 Å². The van der Waals surface area contributed by atoms with E-state index < -0.39 is 14.9 Å². The van der Waals surface area contributed by atoms with Crippen molar-refractivity contribution in [2.24, 2.45) is 0 Å². The molecule has 2 aromatic carbocycles. The second-order valence-corrected chi connectivity index (χ2v) is 7.99. The third-order valence-electron chi connectivity index (χ3n) is 4.18. The highest BCUT2D eigenvalue weighted by Crippen LogP contribution is 2.24. The Morgan fingerprint density at radius 1 is 0.903 bits per heavy atom. The van der Waals surface area contributed by atoms with Gasteiger partial charge in [-0.1, -0.05) is 0 Å². The number of aromatic nitrogens is 3. The zero-order valence-electron chi connectivity index (χ0n) is 15.8. The minimum absolute atomic E-state index is 0.0866. The lowest BCUT2D eigenvalue weighted by Crippen LogP contribution is -2.12. The van der Waals surface area contributed by atoms with Crippen LogP contribution in [0, 0.1) is 10.1 Å². The van der Waals surface area contributed by atoms with Gasteiger partial charge in [0.1, 0.15) is 5.75 Å². The van der Waals surface area contributed by atoms with Gasteiger partial charge in [0, 0.05) is 36.3 Å². The molecule has 0 aliphatic carbocycles. The summed E-state index contributed by atoms with van der Waals surface area (Å²) in [6.07, 6.45) is 3.70. The van der Waals surface area contributed by atoms with Crippen LogP contribution in [0.15, 0.2) is 90.1 Å². The SMILES string of the molecule is O=[N+]([O-])c1ccc(S(=O)(=O)Nc2ccc(Oc3ccc(-n4cccc4)nn3)cc2)cc1. The Morgan fingerprint density at radius 3 is 2.16 bits per heavy atom. The maximum atomic E-state index is 12.5. The Labute approximate surface area is 177 Å². The molecule has 0 aliphatic heterocycles. The van der Waals surface area contributed by atoms with Crippen LogP contribution in [0.25, 0.3) is 5.82 Å². The maximum absolute atomic E-state index is 12.5. The molecule has 0 fully saturated rings. The van der Waals surface area contributed by atoms with Crippen molar-refractivity contribution in [3.8, 4) is 17.4 Å². The Bertz CT molecular complexity index is 1290. The first-order chi connectivity index (χ1) is 14.9. The number of nitro benzene ring substituents is 1. The second kappa shape index (κ2) is 8.24. The first kappa shape index (κ1) is 20.0. The third-order valence-corrected chi connectivity index (χ3v) is 5.58. The predicted octanol–water partition coefficient (Wildman–Crippen LogP) is 3.77. The van der Waals surface area contributed by atoms with Crippen molar-refractivity contribution in [1.82, 2.24) is 14.8 Å². The Kier molecular flexibility index (Phi) is 5.33. The van der Waals surface area contributed by atoms with Gasteiger partial charge in [0.15, 0.2) is 5.82 Å². The maximum Gasteiger partial charge on any atom is 0.269 e. The number of anilines is 1. The largest absolute Gasteiger partial charge is 0.438 e. The minimum atomic E-state index is -3.89. The molecule has 0 aliphatic rings. The number of rotatable bonds is 7. The average molecular weight is 437 g/mol. The normalized spacial score (nSPS) is 11.1. The summed E-state index contributed by atoms with van der Waals surface area (Å²) in [6.45, 7) is 0. The summed E-state index contributed by atoms with van der Waals surface area (Å²) in [5.41, 5.74) is 0.115. The number of hydrogen-bond acceptors (Lipinski definition) is 7. The molecule has 31 heavy (non-hydrogen) atoms. The molecule has 4 rings (SSSR count). The smallest absolute Gasteiger partial charge is 0.269 e. The van der Waals surface area contributed by atoms with E-state index in [-0.39, 0.29) is 16.5 Å². The van der Waals surface area contributed by atoms with E-state index in [1.165, 1.54) is 24.3 Å². The van der Waals surface area contributed by atoms with Crippen molar-refractivity contribution < 1.29 is 18.1 Å².